The van der Waals surface area contributed by atoms with Crippen molar-refractivity contribution < 1.29 is 28.2 Å². The number of halogens is 1. The molecule has 1 atom stereocenters. The first-order valence-corrected chi connectivity index (χ1v) is 11.4. The number of carbonyl (C=O) groups excluding carboxylic acids is 3. The zero-order chi connectivity index (χ0) is 24.3. The standard InChI is InChI=1S/C23H28FN3O5S/c1-14(31-18-7-12-33-19(18)20(25)28)15-5-6-17(24)16(13-15)21(29)26-8-10-27(11-9-26)22(30)32-23(2,3)4/h5-7,12-14H,8-11H2,1-4H3,(H2,25,28). The van der Waals surface area contributed by atoms with Crippen molar-refractivity contribution >= 4 is 29.2 Å². The van der Waals surface area contributed by atoms with E-state index in [2.05, 4.69) is 0 Å². The molecule has 1 fully saturated rings. The van der Waals surface area contributed by atoms with Gasteiger partial charge in [0.05, 0.1) is 5.56 Å². The Bertz CT molecular complexity index is 1040. The molecule has 33 heavy (non-hydrogen) atoms. The second-order valence-electron chi connectivity index (χ2n) is 8.74. The van der Waals surface area contributed by atoms with E-state index in [1.54, 1.807) is 39.1 Å². The Morgan fingerprint density at radius 1 is 1.09 bits per heavy atom. The van der Waals surface area contributed by atoms with Crippen LogP contribution in [0.5, 0.6) is 5.75 Å². The Balaban J connectivity index is 1.68. The number of rotatable bonds is 5. The highest BCUT2D eigenvalue weighted by molar-refractivity contribution is 7.12. The average Bonchev–Trinajstić information content (AvgIpc) is 3.21. The van der Waals surface area contributed by atoms with E-state index in [9.17, 15) is 18.8 Å². The Kier molecular flexibility index (Phi) is 7.26. The van der Waals surface area contributed by atoms with Gasteiger partial charge in [-0.15, -0.1) is 11.3 Å². The molecule has 8 nitrogen and oxygen atoms in total. The van der Waals surface area contributed by atoms with Crippen LogP contribution in [0.1, 0.15) is 59.4 Å². The molecule has 1 aromatic carbocycles. The Hall–Kier alpha value is -3.14. The van der Waals surface area contributed by atoms with Crippen molar-refractivity contribution in [2.45, 2.75) is 39.4 Å². The zero-order valence-corrected chi connectivity index (χ0v) is 19.9. The highest BCUT2D eigenvalue weighted by Gasteiger charge is 2.29. The Labute approximate surface area is 196 Å². The number of ether oxygens (including phenoxy) is 2. The number of benzene rings is 1. The van der Waals surface area contributed by atoms with Gasteiger partial charge in [0.15, 0.2) is 0 Å². The Morgan fingerprint density at radius 2 is 1.73 bits per heavy atom. The van der Waals surface area contributed by atoms with Crippen LogP contribution in [0.15, 0.2) is 29.6 Å². The first kappa shape index (κ1) is 24.5. The maximum absolute atomic E-state index is 14.5. The zero-order valence-electron chi connectivity index (χ0n) is 19.1. The summed E-state index contributed by atoms with van der Waals surface area (Å²) in [5, 5.41) is 1.69. The topological polar surface area (TPSA) is 102 Å². The maximum Gasteiger partial charge on any atom is 0.410 e. The van der Waals surface area contributed by atoms with Crippen molar-refractivity contribution in [1.82, 2.24) is 9.80 Å². The molecule has 0 bridgehead atoms. The summed E-state index contributed by atoms with van der Waals surface area (Å²) in [5.41, 5.74) is 5.26. The number of hydrogen-bond donors (Lipinski definition) is 1. The molecule has 178 valence electrons. The number of nitrogens with zero attached hydrogens (tertiary/aromatic N) is 2. The number of primary amides is 1. The molecule has 0 saturated carbocycles. The van der Waals surface area contributed by atoms with E-state index in [0.29, 0.717) is 29.3 Å². The lowest BCUT2D eigenvalue weighted by atomic mass is 10.0. The van der Waals surface area contributed by atoms with Crippen LogP contribution in [0.4, 0.5) is 9.18 Å². The van der Waals surface area contributed by atoms with Crippen molar-refractivity contribution in [1.29, 1.82) is 0 Å². The quantitative estimate of drug-likeness (QED) is 0.705. The van der Waals surface area contributed by atoms with E-state index in [-0.39, 0.29) is 18.7 Å². The SMILES string of the molecule is CC(Oc1ccsc1C(N)=O)c1ccc(F)c(C(=O)N2CCN(C(=O)OC(C)(C)C)CC2)c1. The van der Waals surface area contributed by atoms with Crippen molar-refractivity contribution in [3.8, 4) is 5.75 Å². The number of thiophene rings is 1. The van der Waals surface area contributed by atoms with Crippen molar-refractivity contribution in [3.63, 3.8) is 0 Å². The average molecular weight is 478 g/mol. The number of amides is 3. The molecule has 1 aromatic heterocycles. The molecular weight excluding hydrogens is 449 g/mol. The van der Waals surface area contributed by atoms with E-state index >= 15 is 0 Å². The molecule has 1 aliphatic rings. The van der Waals surface area contributed by atoms with E-state index < -0.39 is 35.4 Å². The van der Waals surface area contributed by atoms with Crippen LogP contribution < -0.4 is 10.5 Å². The molecule has 2 aromatic rings. The van der Waals surface area contributed by atoms with Gasteiger partial charge in [-0.05, 0) is 56.8 Å². The lowest BCUT2D eigenvalue weighted by Crippen LogP contribution is -2.51. The molecule has 0 spiro atoms. The fourth-order valence-electron chi connectivity index (χ4n) is 3.38. The van der Waals surface area contributed by atoms with Crippen LogP contribution in [-0.2, 0) is 4.74 Å². The van der Waals surface area contributed by atoms with Crippen LogP contribution in [0.3, 0.4) is 0 Å². The number of nitrogens with two attached hydrogens (primary N) is 1. The van der Waals surface area contributed by atoms with Crippen LogP contribution in [-0.4, -0.2) is 59.5 Å². The van der Waals surface area contributed by atoms with Crippen LogP contribution in [0.2, 0.25) is 0 Å². The van der Waals surface area contributed by atoms with Crippen molar-refractivity contribution in [3.05, 3.63) is 51.5 Å². The highest BCUT2D eigenvalue weighted by Crippen LogP contribution is 2.30. The summed E-state index contributed by atoms with van der Waals surface area (Å²) < 4.78 is 25.7. The molecule has 2 N–H and O–H groups in total. The fraction of sp³-hybridized carbons (Fsp3) is 0.435. The van der Waals surface area contributed by atoms with Gasteiger partial charge in [0, 0.05) is 26.2 Å². The van der Waals surface area contributed by atoms with E-state index in [0.717, 1.165) is 0 Å². The highest BCUT2D eigenvalue weighted by atomic mass is 32.1. The second kappa shape index (κ2) is 9.78. The van der Waals surface area contributed by atoms with Gasteiger partial charge in [-0.25, -0.2) is 9.18 Å². The third-order valence-corrected chi connectivity index (χ3v) is 5.98. The molecule has 1 aliphatic heterocycles. The van der Waals surface area contributed by atoms with Gasteiger partial charge in [0.2, 0.25) is 0 Å². The summed E-state index contributed by atoms with van der Waals surface area (Å²) >= 11 is 1.17. The molecule has 3 rings (SSSR count). The van der Waals surface area contributed by atoms with E-state index in [1.807, 2.05) is 0 Å². The van der Waals surface area contributed by atoms with Crippen molar-refractivity contribution in [2.24, 2.45) is 5.73 Å². The third-order valence-electron chi connectivity index (χ3n) is 5.07. The number of hydrogen-bond acceptors (Lipinski definition) is 6. The molecule has 1 unspecified atom stereocenters. The first-order valence-electron chi connectivity index (χ1n) is 10.6. The van der Waals surface area contributed by atoms with Crippen LogP contribution >= 0.6 is 11.3 Å². The molecular formula is C23H28FN3O5S. The predicted octanol–water partition coefficient (Wildman–Crippen LogP) is 3.82. The van der Waals surface area contributed by atoms with E-state index in [4.69, 9.17) is 15.2 Å². The normalized spacial score (nSPS) is 15.2. The van der Waals surface area contributed by atoms with Crippen LogP contribution in [0.25, 0.3) is 0 Å². The maximum atomic E-state index is 14.5. The van der Waals surface area contributed by atoms with Gasteiger partial charge in [0.1, 0.15) is 28.1 Å². The second-order valence-corrected chi connectivity index (χ2v) is 9.65. The summed E-state index contributed by atoms with van der Waals surface area (Å²) in [5.74, 6) is -1.35. The van der Waals surface area contributed by atoms with Crippen LogP contribution in [0, 0.1) is 5.82 Å². The molecule has 10 heteroatoms. The van der Waals surface area contributed by atoms with E-state index in [1.165, 1.54) is 39.3 Å². The first-order chi connectivity index (χ1) is 15.5. The van der Waals surface area contributed by atoms with Gasteiger partial charge in [-0.2, -0.15) is 0 Å². The smallest absolute Gasteiger partial charge is 0.410 e. The van der Waals surface area contributed by atoms with Gasteiger partial charge in [0.25, 0.3) is 11.8 Å². The minimum Gasteiger partial charge on any atom is -0.484 e. The summed E-state index contributed by atoms with van der Waals surface area (Å²) in [6, 6.07) is 5.86. The van der Waals surface area contributed by atoms with Gasteiger partial charge in [-0.1, -0.05) is 6.07 Å². The van der Waals surface area contributed by atoms with Gasteiger partial charge in [-0.3, -0.25) is 9.59 Å². The van der Waals surface area contributed by atoms with Gasteiger partial charge < -0.3 is 25.0 Å². The third kappa shape index (κ3) is 6.01. The summed E-state index contributed by atoms with van der Waals surface area (Å²) in [6.45, 7) is 8.25. The lowest BCUT2D eigenvalue weighted by molar-refractivity contribution is 0.0140. The Morgan fingerprint density at radius 3 is 2.33 bits per heavy atom. The summed E-state index contributed by atoms with van der Waals surface area (Å²) in [4.78, 5) is 40.1. The number of piperazine rings is 1. The molecule has 3 amide bonds. The predicted molar refractivity (Wildman–Crippen MR) is 122 cm³/mol. The monoisotopic (exact) mass is 477 g/mol. The number of carbonyl (C=O) groups is 3. The summed E-state index contributed by atoms with van der Waals surface area (Å²) in [7, 11) is 0. The fourth-order valence-corrected chi connectivity index (χ4v) is 4.05. The molecule has 0 aliphatic carbocycles. The molecule has 0 radical (unpaired) electrons. The summed E-state index contributed by atoms with van der Waals surface area (Å²) in [6.07, 6.45) is -0.980. The molecule has 2 heterocycles. The van der Waals surface area contributed by atoms with Crippen molar-refractivity contribution in [2.75, 3.05) is 26.2 Å². The van der Waals surface area contributed by atoms with Gasteiger partial charge >= 0.3 is 6.09 Å². The minimum atomic E-state index is -0.640. The lowest BCUT2D eigenvalue weighted by Gasteiger charge is -2.35. The molecule has 1 saturated heterocycles. The largest absolute Gasteiger partial charge is 0.484 e. The minimum absolute atomic E-state index is 0.0749.